The molecule has 0 saturated carbocycles. The molecule has 0 aromatic carbocycles. The SMILES string of the molecule is CCCn1cnnc1CN(C)C(=O)[C@@H]1CC[C@H](NC(=O)c2cncc(F)c2)CN(C)C1. The molecular weight excluding hydrogens is 401 g/mol. The van der Waals surface area contributed by atoms with E-state index in [2.05, 4.69) is 32.3 Å². The molecule has 3 rings (SSSR count). The summed E-state index contributed by atoms with van der Waals surface area (Å²) in [5.74, 6) is -0.250. The highest BCUT2D eigenvalue weighted by atomic mass is 19.1. The van der Waals surface area contributed by atoms with Gasteiger partial charge in [0.15, 0.2) is 5.82 Å². The number of halogens is 1. The summed E-state index contributed by atoms with van der Waals surface area (Å²) >= 11 is 0. The summed E-state index contributed by atoms with van der Waals surface area (Å²) in [5, 5.41) is 11.0. The predicted molar refractivity (Wildman–Crippen MR) is 112 cm³/mol. The van der Waals surface area contributed by atoms with Crippen LogP contribution in [-0.2, 0) is 17.9 Å². The van der Waals surface area contributed by atoms with Gasteiger partial charge < -0.3 is 19.7 Å². The van der Waals surface area contributed by atoms with Crippen molar-refractivity contribution in [2.45, 2.75) is 45.3 Å². The third-order valence-electron chi connectivity index (χ3n) is 5.49. The van der Waals surface area contributed by atoms with Gasteiger partial charge in [0, 0.05) is 38.9 Å². The Kier molecular flexibility index (Phi) is 7.67. The van der Waals surface area contributed by atoms with Crippen LogP contribution in [0, 0.1) is 11.7 Å². The average molecular weight is 432 g/mol. The van der Waals surface area contributed by atoms with Gasteiger partial charge in [0.25, 0.3) is 5.91 Å². The van der Waals surface area contributed by atoms with Crippen LogP contribution in [-0.4, -0.2) is 74.6 Å². The lowest BCUT2D eigenvalue weighted by Gasteiger charge is -2.25. The minimum absolute atomic E-state index is 0.0548. The first-order valence-electron chi connectivity index (χ1n) is 10.6. The van der Waals surface area contributed by atoms with Crippen LogP contribution < -0.4 is 5.32 Å². The number of aryl methyl sites for hydroxylation is 1. The molecule has 2 amide bonds. The van der Waals surface area contributed by atoms with Crippen molar-refractivity contribution in [2.75, 3.05) is 27.2 Å². The number of rotatable bonds is 7. The minimum Gasteiger partial charge on any atom is -0.348 e. The summed E-state index contributed by atoms with van der Waals surface area (Å²) in [6.07, 6.45) is 6.38. The molecule has 1 fully saturated rings. The number of aromatic nitrogens is 4. The Balaban J connectivity index is 1.58. The summed E-state index contributed by atoms with van der Waals surface area (Å²) in [6.45, 7) is 4.54. The van der Waals surface area contributed by atoms with E-state index in [-0.39, 0.29) is 29.3 Å². The number of likely N-dealkylation sites (tertiary alicyclic amines) is 1. The molecule has 168 valence electrons. The highest BCUT2D eigenvalue weighted by molar-refractivity contribution is 5.94. The first kappa shape index (κ1) is 22.8. The summed E-state index contributed by atoms with van der Waals surface area (Å²) < 4.78 is 15.3. The number of amides is 2. The molecule has 0 unspecified atom stereocenters. The van der Waals surface area contributed by atoms with Gasteiger partial charge in [-0.1, -0.05) is 6.92 Å². The van der Waals surface area contributed by atoms with Crippen LogP contribution in [0.2, 0.25) is 0 Å². The monoisotopic (exact) mass is 431 g/mol. The van der Waals surface area contributed by atoms with Crippen molar-refractivity contribution < 1.29 is 14.0 Å². The van der Waals surface area contributed by atoms with Gasteiger partial charge in [-0.15, -0.1) is 10.2 Å². The molecular formula is C21H30FN7O2. The highest BCUT2D eigenvalue weighted by Gasteiger charge is 2.30. The summed E-state index contributed by atoms with van der Waals surface area (Å²) in [4.78, 5) is 33.0. The maximum absolute atomic E-state index is 13.3. The van der Waals surface area contributed by atoms with Crippen LogP contribution in [0.3, 0.4) is 0 Å². The van der Waals surface area contributed by atoms with Crippen LogP contribution >= 0.6 is 0 Å². The zero-order valence-electron chi connectivity index (χ0n) is 18.3. The van der Waals surface area contributed by atoms with Gasteiger partial charge in [0.05, 0.1) is 24.2 Å². The Hall–Kier alpha value is -2.88. The summed E-state index contributed by atoms with van der Waals surface area (Å²) in [7, 11) is 3.72. The molecule has 1 saturated heterocycles. The van der Waals surface area contributed by atoms with E-state index < -0.39 is 5.82 Å². The summed E-state index contributed by atoms with van der Waals surface area (Å²) in [6, 6.07) is 1.04. The van der Waals surface area contributed by atoms with Crippen LogP contribution in [0.15, 0.2) is 24.8 Å². The molecule has 9 nitrogen and oxygen atoms in total. The molecule has 0 aliphatic carbocycles. The van der Waals surface area contributed by atoms with Crippen LogP contribution in [0.1, 0.15) is 42.4 Å². The van der Waals surface area contributed by atoms with Crippen molar-refractivity contribution in [2.24, 2.45) is 5.92 Å². The lowest BCUT2D eigenvalue weighted by Crippen LogP contribution is -2.42. The third-order valence-corrected chi connectivity index (χ3v) is 5.49. The number of hydrogen-bond donors (Lipinski definition) is 1. The fourth-order valence-electron chi connectivity index (χ4n) is 3.97. The van der Waals surface area contributed by atoms with Gasteiger partial charge >= 0.3 is 0 Å². The number of nitrogens with one attached hydrogen (secondary N) is 1. The molecule has 2 atom stereocenters. The van der Waals surface area contributed by atoms with Crippen molar-refractivity contribution in [1.29, 1.82) is 0 Å². The van der Waals surface area contributed by atoms with Crippen molar-refractivity contribution in [1.82, 2.24) is 34.9 Å². The van der Waals surface area contributed by atoms with Crippen molar-refractivity contribution >= 4 is 11.8 Å². The van der Waals surface area contributed by atoms with E-state index in [0.29, 0.717) is 32.5 Å². The van der Waals surface area contributed by atoms with Gasteiger partial charge in [-0.3, -0.25) is 14.6 Å². The maximum Gasteiger partial charge on any atom is 0.253 e. The fourth-order valence-corrected chi connectivity index (χ4v) is 3.97. The van der Waals surface area contributed by atoms with Crippen molar-refractivity contribution in [3.8, 4) is 0 Å². The molecule has 1 aliphatic rings. The van der Waals surface area contributed by atoms with E-state index in [4.69, 9.17) is 0 Å². The number of pyridine rings is 1. The largest absolute Gasteiger partial charge is 0.348 e. The number of carbonyl (C=O) groups excluding carboxylic acids is 2. The third kappa shape index (κ3) is 6.06. The van der Waals surface area contributed by atoms with Crippen LogP contribution in [0.4, 0.5) is 4.39 Å². The lowest BCUT2D eigenvalue weighted by molar-refractivity contribution is -0.135. The molecule has 0 radical (unpaired) electrons. The minimum atomic E-state index is -0.547. The topological polar surface area (TPSA) is 96.2 Å². The molecule has 2 aromatic heterocycles. The Bertz CT molecular complexity index is 903. The quantitative estimate of drug-likeness (QED) is 0.710. The van der Waals surface area contributed by atoms with E-state index in [1.165, 1.54) is 12.3 Å². The molecule has 31 heavy (non-hydrogen) atoms. The van der Waals surface area contributed by atoms with E-state index in [9.17, 15) is 14.0 Å². The Morgan fingerprint density at radius 3 is 2.84 bits per heavy atom. The lowest BCUT2D eigenvalue weighted by atomic mass is 10.00. The van der Waals surface area contributed by atoms with Crippen LogP contribution in [0.5, 0.6) is 0 Å². The molecule has 10 heteroatoms. The maximum atomic E-state index is 13.3. The van der Waals surface area contributed by atoms with E-state index >= 15 is 0 Å². The number of carbonyl (C=O) groups is 2. The zero-order chi connectivity index (χ0) is 22.4. The van der Waals surface area contributed by atoms with Gasteiger partial charge in [-0.05, 0) is 32.4 Å². The molecule has 3 heterocycles. The second-order valence-corrected chi connectivity index (χ2v) is 8.19. The van der Waals surface area contributed by atoms with Crippen molar-refractivity contribution in [3.05, 3.63) is 42.0 Å². The Morgan fingerprint density at radius 2 is 2.10 bits per heavy atom. The van der Waals surface area contributed by atoms with Gasteiger partial charge in [-0.25, -0.2) is 4.39 Å². The Morgan fingerprint density at radius 1 is 1.29 bits per heavy atom. The number of hydrogen-bond acceptors (Lipinski definition) is 6. The average Bonchev–Trinajstić information content (AvgIpc) is 3.07. The van der Waals surface area contributed by atoms with E-state index in [1.807, 2.05) is 11.6 Å². The number of nitrogens with zero attached hydrogens (tertiary/aromatic N) is 6. The first-order chi connectivity index (χ1) is 14.9. The molecule has 2 aromatic rings. The second-order valence-electron chi connectivity index (χ2n) is 8.19. The smallest absolute Gasteiger partial charge is 0.253 e. The standard InChI is InChI=1S/C21H30FN7O2/c1-4-7-29-14-24-26-19(29)13-28(3)21(31)15-5-6-18(12-27(2)11-15)25-20(30)16-8-17(22)10-23-9-16/h8-10,14-15,18H,4-7,11-13H2,1-3H3,(H,25,30)/t15-,18+/m1/s1. The van der Waals surface area contributed by atoms with Crippen LogP contribution in [0.25, 0.3) is 0 Å². The normalized spacial score (nSPS) is 19.6. The van der Waals surface area contributed by atoms with Gasteiger partial charge in [0.1, 0.15) is 12.1 Å². The highest BCUT2D eigenvalue weighted by Crippen LogP contribution is 2.19. The van der Waals surface area contributed by atoms with Crippen molar-refractivity contribution in [3.63, 3.8) is 0 Å². The van der Waals surface area contributed by atoms with Gasteiger partial charge in [0.2, 0.25) is 5.91 Å². The number of likely N-dealkylation sites (N-methyl/N-ethyl adjacent to an activating group) is 1. The predicted octanol–water partition coefficient (Wildman–Crippen LogP) is 1.32. The van der Waals surface area contributed by atoms with E-state index in [0.717, 1.165) is 25.0 Å². The molecule has 1 N–H and O–H groups in total. The Labute approximate surface area is 181 Å². The summed E-state index contributed by atoms with van der Waals surface area (Å²) in [5.41, 5.74) is 0.190. The first-order valence-corrected chi connectivity index (χ1v) is 10.6. The molecule has 0 bridgehead atoms. The molecule has 1 aliphatic heterocycles. The molecule has 0 spiro atoms. The van der Waals surface area contributed by atoms with E-state index in [1.54, 1.807) is 18.3 Å². The second kappa shape index (κ2) is 10.4. The van der Waals surface area contributed by atoms with Gasteiger partial charge in [-0.2, -0.15) is 0 Å². The fraction of sp³-hybridized carbons (Fsp3) is 0.571. The zero-order valence-corrected chi connectivity index (χ0v) is 18.3.